The molecule has 3 saturated heterocycles. The molecule has 6 atom stereocenters. The van der Waals surface area contributed by atoms with Crippen LogP contribution in [-0.2, 0) is 19.1 Å². The highest BCUT2D eigenvalue weighted by atomic mass is 16.5. The van der Waals surface area contributed by atoms with Crippen LogP contribution in [-0.4, -0.2) is 59.5 Å². The third-order valence-corrected chi connectivity index (χ3v) is 7.82. The Labute approximate surface area is 205 Å². The van der Waals surface area contributed by atoms with Gasteiger partial charge in [0, 0.05) is 17.3 Å². The van der Waals surface area contributed by atoms with Gasteiger partial charge >= 0.3 is 0 Å². The number of rotatable bonds is 7. The number of ether oxygens (including phenoxy) is 2. The van der Waals surface area contributed by atoms with Gasteiger partial charge in [0.15, 0.2) is 5.54 Å². The van der Waals surface area contributed by atoms with Crippen LogP contribution in [0.15, 0.2) is 24.3 Å². The number of nitrogens with zero attached hydrogens (tertiary/aromatic N) is 1. The van der Waals surface area contributed by atoms with Gasteiger partial charge in [-0.2, -0.15) is 5.26 Å². The summed E-state index contributed by atoms with van der Waals surface area (Å²) in [4.78, 5) is 54.1. The van der Waals surface area contributed by atoms with Gasteiger partial charge in [-0.15, -0.1) is 0 Å². The van der Waals surface area contributed by atoms with E-state index < -0.39 is 59.3 Å². The normalized spacial score (nSPS) is 31.0. The number of H-pyrrole nitrogens is 1. The first-order valence-electron chi connectivity index (χ1n) is 12.0. The molecule has 4 N–H and O–H groups in total. The van der Waals surface area contributed by atoms with E-state index in [1.54, 1.807) is 19.2 Å². The largest absolute Gasteiger partial charge is 0.496 e. The number of nitriles is 1. The number of carbonyl (C=O) groups is 4. The van der Waals surface area contributed by atoms with E-state index in [0.717, 1.165) is 23.7 Å². The number of imide groups is 1. The van der Waals surface area contributed by atoms with E-state index in [4.69, 9.17) is 9.47 Å². The second kappa shape index (κ2) is 8.06. The summed E-state index contributed by atoms with van der Waals surface area (Å²) >= 11 is 0. The summed E-state index contributed by atoms with van der Waals surface area (Å²) in [5, 5.41) is 18.7. The van der Waals surface area contributed by atoms with E-state index in [0.29, 0.717) is 18.1 Å². The van der Waals surface area contributed by atoms with Crippen molar-refractivity contribution in [1.82, 2.24) is 20.9 Å². The molecule has 0 spiro atoms. The molecule has 2 bridgehead atoms. The van der Waals surface area contributed by atoms with Gasteiger partial charge in [0.2, 0.25) is 17.7 Å². The number of aromatic nitrogens is 1. The van der Waals surface area contributed by atoms with Crippen LogP contribution in [0.25, 0.3) is 10.9 Å². The van der Waals surface area contributed by atoms with Crippen LogP contribution in [0.5, 0.6) is 5.75 Å². The highest BCUT2D eigenvalue weighted by Crippen LogP contribution is 2.50. The molecule has 1 aromatic heterocycles. The van der Waals surface area contributed by atoms with Crippen LogP contribution >= 0.6 is 0 Å². The second-order valence-corrected chi connectivity index (χ2v) is 10.1. The summed E-state index contributed by atoms with van der Waals surface area (Å²) in [5.41, 5.74) is -0.444. The average Bonchev–Trinajstić information content (AvgIpc) is 3.19. The summed E-state index contributed by atoms with van der Waals surface area (Å²) in [7, 11) is 1.55. The van der Waals surface area contributed by atoms with Gasteiger partial charge in [0.05, 0.1) is 31.1 Å². The molecular weight excluding hydrogens is 466 g/mol. The number of methoxy groups -OCH3 is 1. The molecule has 1 saturated carbocycles. The van der Waals surface area contributed by atoms with Crippen LogP contribution in [0.4, 0.5) is 0 Å². The minimum absolute atomic E-state index is 0.105. The Bertz CT molecular complexity index is 1340. The maximum absolute atomic E-state index is 13.5. The monoisotopic (exact) mass is 491 g/mol. The number of aromatic amines is 1. The molecule has 36 heavy (non-hydrogen) atoms. The number of fused-ring (bicyclic) bond motifs is 6. The van der Waals surface area contributed by atoms with Crippen LogP contribution in [0.1, 0.15) is 36.2 Å². The van der Waals surface area contributed by atoms with E-state index in [2.05, 4.69) is 27.0 Å². The van der Waals surface area contributed by atoms with Crippen molar-refractivity contribution in [3.63, 3.8) is 0 Å². The van der Waals surface area contributed by atoms with Crippen LogP contribution in [0.2, 0.25) is 0 Å². The molecule has 4 aliphatic rings. The Hall–Kier alpha value is -3.91. The number of hydrogen-bond donors (Lipinski definition) is 4. The second-order valence-electron chi connectivity index (χ2n) is 10.1. The molecule has 3 aliphatic heterocycles. The lowest BCUT2D eigenvalue weighted by Crippen LogP contribution is -2.62. The number of amides is 4. The van der Waals surface area contributed by atoms with Crippen LogP contribution in [0, 0.1) is 29.1 Å². The van der Waals surface area contributed by atoms with Gasteiger partial charge in [-0.25, -0.2) is 0 Å². The Morgan fingerprint density at radius 1 is 1.28 bits per heavy atom. The maximum atomic E-state index is 13.5. The molecule has 4 amide bonds. The number of nitrogens with one attached hydrogen (secondary N) is 4. The quantitative estimate of drug-likeness (QED) is 0.410. The third kappa shape index (κ3) is 3.44. The van der Waals surface area contributed by atoms with Crippen molar-refractivity contribution in [2.24, 2.45) is 17.8 Å². The highest BCUT2D eigenvalue weighted by Gasteiger charge is 2.69. The van der Waals surface area contributed by atoms with E-state index in [-0.39, 0.29) is 12.1 Å². The number of hydrogen-bond acceptors (Lipinski definition) is 7. The summed E-state index contributed by atoms with van der Waals surface area (Å²) in [5.74, 6) is -2.37. The predicted octanol–water partition coefficient (Wildman–Crippen LogP) is 0.513. The van der Waals surface area contributed by atoms with Gasteiger partial charge in [-0.05, 0) is 30.5 Å². The fourth-order valence-electron chi connectivity index (χ4n) is 5.88. The minimum Gasteiger partial charge on any atom is -0.496 e. The van der Waals surface area contributed by atoms with Crippen LogP contribution in [0.3, 0.4) is 0 Å². The number of carbonyl (C=O) groups excluding carboxylic acids is 4. The standard InChI is InChI=1S/C25H25N5O6/c1-35-16-4-2-3-13-12(16)8-15(27-13)21(31)28-14(7-11-5-6-11)22(32)30-25(10-26)9-17-18-19(20(25)36-17)24(34)29-23(18)33/h2-4,8,11,14,17-20,27H,5-7,9H2,1H3,(H,28,31)(H,30,32)(H,29,33,34)/t14?,17-,18-,19-,20-,25+/m0/s1. The van der Waals surface area contributed by atoms with Crippen molar-refractivity contribution in [2.75, 3.05) is 7.11 Å². The zero-order valence-electron chi connectivity index (χ0n) is 19.5. The van der Waals surface area contributed by atoms with Gasteiger partial charge < -0.3 is 25.1 Å². The molecule has 1 aliphatic carbocycles. The highest BCUT2D eigenvalue weighted by molar-refractivity contribution is 6.06. The van der Waals surface area contributed by atoms with Gasteiger partial charge in [0.25, 0.3) is 5.91 Å². The zero-order valence-corrected chi connectivity index (χ0v) is 19.5. The third-order valence-electron chi connectivity index (χ3n) is 7.82. The van der Waals surface area contributed by atoms with E-state index in [1.165, 1.54) is 0 Å². The summed E-state index contributed by atoms with van der Waals surface area (Å²) in [6.07, 6.45) is 0.922. The van der Waals surface area contributed by atoms with Crippen molar-refractivity contribution < 1.29 is 28.7 Å². The van der Waals surface area contributed by atoms with E-state index in [1.807, 2.05) is 12.1 Å². The summed E-state index contributed by atoms with van der Waals surface area (Å²) in [6, 6.07) is 8.37. The summed E-state index contributed by atoms with van der Waals surface area (Å²) < 4.78 is 11.2. The molecule has 1 aromatic carbocycles. The first kappa shape index (κ1) is 22.5. The summed E-state index contributed by atoms with van der Waals surface area (Å²) in [6.45, 7) is 0. The fraction of sp³-hybridized carbons (Fsp3) is 0.480. The van der Waals surface area contributed by atoms with Crippen molar-refractivity contribution in [3.05, 3.63) is 30.0 Å². The average molecular weight is 492 g/mol. The molecule has 0 radical (unpaired) electrons. The lowest BCUT2D eigenvalue weighted by molar-refractivity contribution is -0.130. The lowest BCUT2D eigenvalue weighted by Gasteiger charge is -2.34. The minimum atomic E-state index is -1.45. The van der Waals surface area contributed by atoms with Crippen LogP contribution < -0.4 is 20.7 Å². The Kier molecular flexibility index (Phi) is 5.05. The van der Waals surface area contributed by atoms with E-state index >= 15 is 0 Å². The molecule has 11 nitrogen and oxygen atoms in total. The fourth-order valence-corrected chi connectivity index (χ4v) is 5.88. The zero-order chi connectivity index (χ0) is 25.2. The first-order chi connectivity index (χ1) is 17.3. The molecule has 6 rings (SSSR count). The lowest BCUT2D eigenvalue weighted by atomic mass is 9.71. The molecular formula is C25H25N5O6. The molecule has 1 unspecified atom stereocenters. The number of benzene rings is 1. The van der Waals surface area contributed by atoms with Crippen molar-refractivity contribution >= 4 is 34.5 Å². The van der Waals surface area contributed by atoms with Crippen molar-refractivity contribution in [2.45, 2.75) is 49.5 Å². The van der Waals surface area contributed by atoms with Crippen molar-refractivity contribution in [3.8, 4) is 11.8 Å². The Balaban J connectivity index is 1.22. The Morgan fingerprint density at radius 3 is 2.78 bits per heavy atom. The first-order valence-corrected chi connectivity index (χ1v) is 12.0. The topological polar surface area (TPSA) is 162 Å². The molecule has 2 aromatic rings. The molecule has 11 heteroatoms. The molecule has 186 valence electrons. The molecule has 4 fully saturated rings. The maximum Gasteiger partial charge on any atom is 0.268 e. The molecule has 4 heterocycles. The van der Waals surface area contributed by atoms with E-state index in [9.17, 15) is 24.4 Å². The van der Waals surface area contributed by atoms with Gasteiger partial charge in [0.1, 0.15) is 23.6 Å². The van der Waals surface area contributed by atoms with Gasteiger partial charge in [-0.3, -0.25) is 24.5 Å². The smallest absolute Gasteiger partial charge is 0.268 e. The van der Waals surface area contributed by atoms with Crippen molar-refractivity contribution in [1.29, 1.82) is 5.26 Å². The predicted molar refractivity (Wildman–Crippen MR) is 123 cm³/mol. The SMILES string of the molecule is COc1cccc2[nH]c(C(=O)NC(CC3CC3)C(=O)N[C@@]3(C#N)C[C@@H]4O[C@H]3[C@H]3C(=O)NC(=O)[C@H]34)cc12. The van der Waals surface area contributed by atoms with Gasteiger partial charge in [-0.1, -0.05) is 18.9 Å². The Morgan fingerprint density at radius 2 is 2.06 bits per heavy atom.